The van der Waals surface area contributed by atoms with Gasteiger partial charge in [-0.05, 0) is 37.6 Å². The van der Waals surface area contributed by atoms with E-state index in [1.807, 2.05) is 42.8 Å². The largest absolute Gasteiger partial charge is 0.493 e. The third-order valence-corrected chi connectivity index (χ3v) is 3.73. The first-order chi connectivity index (χ1) is 11.6. The Bertz CT molecular complexity index is 765. The summed E-state index contributed by atoms with van der Waals surface area (Å²) in [4.78, 5) is 18.3. The summed E-state index contributed by atoms with van der Waals surface area (Å²) in [7, 11) is 1.60. The van der Waals surface area contributed by atoms with Crippen LogP contribution in [-0.4, -0.2) is 35.2 Å². The number of anilines is 1. The van der Waals surface area contributed by atoms with Crippen LogP contribution in [0.4, 0.5) is 5.95 Å². The number of aromatic nitrogens is 2. The molecule has 6 nitrogen and oxygen atoms in total. The van der Waals surface area contributed by atoms with E-state index in [0.29, 0.717) is 24.0 Å². The Morgan fingerprint density at radius 1 is 1.29 bits per heavy atom. The van der Waals surface area contributed by atoms with Crippen molar-refractivity contribution in [2.45, 2.75) is 26.5 Å². The standard InChI is InChI=1S/C18H21N3O3/c1-13(2)24-15-6-4-14(12-16(15)23-3)5-7-17(22)21-11-10-20-9-8-19-18(20)21/h4-9,12-13H,10-11H2,1-3H3. The van der Waals surface area contributed by atoms with Crippen molar-refractivity contribution < 1.29 is 14.3 Å². The van der Waals surface area contributed by atoms with Gasteiger partial charge < -0.3 is 14.0 Å². The second-order valence-corrected chi connectivity index (χ2v) is 5.82. The molecule has 3 rings (SSSR count). The van der Waals surface area contributed by atoms with E-state index in [9.17, 15) is 4.79 Å². The summed E-state index contributed by atoms with van der Waals surface area (Å²) in [6.07, 6.45) is 6.99. The molecule has 126 valence electrons. The lowest BCUT2D eigenvalue weighted by Gasteiger charge is -2.14. The Morgan fingerprint density at radius 3 is 2.88 bits per heavy atom. The van der Waals surface area contributed by atoms with Crippen LogP contribution in [0.2, 0.25) is 0 Å². The Morgan fingerprint density at radius 2 is 2.12 bits per heavy atom. The van der Waals surface area contributed by atoms with Gasteiger partial charge in [-0.1, -0.05) is 6.07 Å². The molecule has 6 heteroatoms. The third kappa shape index (κ3) is 3.27. The minimum absolute atomic E-state index is 0.0702. The fraction of sp³-hybridized carbons (Fsp3) is 0.333. The van der Waals surface area contributed by atoms with Crippen molar-refractivity contribution in [3.05, 3.63) is 42.2 Å². The van der Waals surface area contributed by atoms with Crippen LogP contribution in [0.1, 0.15) is 19.4 Å². The molecule has 0 fully saturated rings. The number of nitrogens with zero attached hydrogens (tertiary/aromatic N) is 3. The molecule has 2 heterocycles. The highest BCUT2D eigenvalue weighted by atomic mass is 16.5. The molecule has 24 heavy (non-hydrogen) atoms. The summed E-state index contributed by atoms with van der Waals surface area (Å²) in [6.45, 7) is 5.36. The highest BCUT2D eigenvalue weighted by Gasteiger charge is 2.23. The smallest absolute Gasteiger partial charge is 0.253 e. The molecule has 1 aromatic heterocycles. The Kier molecular flexibility index (Phi) is 4.55. The molecule has 0 saturated carbocycles. The van der Waals surface area contributed by atoms with Gasteiger partial charge in [-0.2, -0.15) is 0 Å². The minimum atomic E-state index is -0.0820. The quantitative estimate of drug-likeness (QED) is 0.792. The van der Waals surface area contributed by atoms with E-state index >= 15 is 0 Å². The minimum Gasteiger partial charge on any atom is -0.493 e. The lowest BCUT2D eigenvalue weighted by Crippen LogP contribution is -2.27. The second kappa shape index (κ2) is 6.78. The molecule has 0 atom stereocenters. The summed E-state index contributed by atoms with van der Waals surface area (Å²) in [5.74, 6) is 1.96. The summed E-state index contributed by atoms with van der Waals surface area (Å²) in [6, 6.07) is 5.60. The summed E-state index contributed by atoms with van der Waals surface area (Å²) >= 11 is 0. The molecule has 0 N–H and O–H groups in total. The lowest BCUT2D eigenvalue weighted by molar-refractivity contribution is -0.114. The van der Waals surface area contributed by atoms with E-state index in [-0.39, 0.29) is 12.0 Å². The zero-order chi connectivity index (χ0) is 17.1. The molecule has 0 bridgehead atoms. The monoisotopic (exact) mass is 327 g/mol. The molecule has 0 radical (unpaired) electrons. The number of hydrogen-bond acceptors (Lipinski definition) is 4. The van der Waals surface area contributed by atoms with Gasteiger partial charge in [0.05, 0.1) is 13.2 Å². The van der Waals surface area contributed by atoms with Crippen molar-refractivity contribution >= 4 is 17.9 Å². The topological polar surface area (TPSA) is 56.6 Å². The van der Waals surface area contributed by atoms with Crippen LogP contribution < -0.4 is 14.4 Å². The average Bonchev–Trinajstić information content (AvgIpc) is 3.16. The number of carbonyl (C=O) groups excluding carboxylic acids is 1. The molecule has 0 saturated heterocycles. The van der Waals surface area contributed by atoms with Gasteiger partial charge in [0.2, 0.25) is 5.95 Å². The van der Waals surface area contributed by atoms with Gasteiger partial charge in [0.25, 0.3) is 5.91 Å². The van der Waals surface area contributed by atoms with Crippen molar-refractivity contribution in [3.63, 3.8) is 0 Å². The summed E-state index contributed by atoms with van der Waals surface area (Å²) < 4.78 is 13.0. The molecule has 2 aromatic rings. The van der Waals surface area contributed by atoms with Crippen LogP contribution in [0.3, 0.4) is 0 Å². The maximum Gasteiger partial charge on any atom is 0.253 e. The van der Waals surface area contributed by atoms with Crippen LogP contribution in [0.15, 0.2) is 36.7 Å². The Hall–Kier alpha value is -2.76. The maximum absolute atomic E-state index is 12.4. The van der Waals surface area contributed by atoms with Gasteiger partial charge in [0.1, 0.15) is 0 Å². The number of methoxy groups -OCH3 is 1. The molecule has 1 aliphatic rings. The second-order valence-electron chi connectivity index (χ2n) is 5.82. The number of ether oxygens (including phenoxy) is 2. The van der Waals surface area contributed by atoms with Gasteiger partial charge in [-0.3, -0.25) is 9.69 Å². The predicted octanol–water partition coefficient (Wildman–Crippen LogP) is 2.74. The number of benzene rings is 1. The molecular weight excluding hydrogens is 306 g/mol. The number of carbonyl (C=O) groups is 1. The van der Waals surface area contributed by atoms with Gasteiger partial charge in [0, 0.05) is 31.6 Å². The van der Waals surface area contributed by atoms with Gasteiger partial charge in [-0.15, -0.1) is 0 Å². The van der Waals surface area contributed by atoms with Crippen LogP contribution in [0, 0.1) is 0 Å². The van der Waals surface area contributed by atoms with Gasteiger partial charge in [-0.25, -0.2) is 4.98 Å². The summed E-state index contributed by atoms with van der Waals surface area (Å²) in [5.41, 5.74) is 0.874. The molecule has 0 spiro atoms. The van der Waals surface area contributed by atoms with Crippen molar-refractivity contribution in [1.29, 1.82) is 0 Å². The van der Waals surface area contributed by atoms with Crippen molar-refractivity contribution in [3.8, 4) is 11.5 Å². The summed E-state index contributed by atoms with van der Waals surface area (Å²) in [5, 5.41) is 0. The van der Waals surface area contributed by atoms with E-state index in [0.717, 1.165) is 12.1 Å². The fourth-order valence-electron chi connectivity index (χ4n) is 2.63. The van der Waals surface area contributed by atoms with E-state index in [1.54, 1.807) is 30.4 Å². The predicted molar refractivity (Wildman–Crippen MR) is 92.4 cm³/mol. The molecule has 1 amide bonds. The van der Waals surface area contributed by atoms with E-state index < -0.39 is 0 Å². The molecular formula is C18H21N3O3. The van der Waals surface area contributed by atoms with Crippen LogP contribution >= 0.6 is 0 Å². The highest BCUT2D eigenvalue weighted by molar-refractivity contribution is 6.03. The van der Waals surface area contributed by atoms with Crippen LogP contribution in [0.5, 0.6) is 11.5 Å². The van der Waals surface area contributed by atoms with Crippen LogP contribution in [-0.2, 0) is 11.3 Å². The van der Waals surface area contributed by atoms with Crippen molar-refractivity contribution in [2.75, 3.05) is 18.6 Å². The van der Waals surface area contributed by atoms with Gasteiger partial charge >= 0.3 is 0 Å². The zero-order valence-electron chi connectivity index (χ0n) is 14.1. The normalized spacial score (nSPS) is 13.6. The Balaban J connectivity index is 1.74. The zero-order valence-corrected chi connectivity index (χ0v) is 14.1. The molecule has 0 aliphatic carbocycles. The van der Waals surface area contributed by atoms with Crippen molar-refractivity contribution in [2.24, 2.45) is 0 Å². The Labute approximate surface area is 141 Å². The van der Waals surface area contributed by atoms with Gasteiger partial charge in [0.15, 0.2) is 11.5 Å². The highest BCUT2D eigenvalue weighted by Crippen LogP contribution is 2.29. The van der Waals surface area contributed by atoms with E-state index in [1.165, 1.54) is 0 Å². The number of rotatable bonds is 5. The number of fused-ring (bicyclic) bond motifs is 1. The van der Waals surface area contributed by atoms with Crippen molar-refractivity contribution in [1.82, 2.24) is 9.55 Å². The first-order valence-electron chi connectivity index (χ1n) is 7.94. The number of amides is 1. The first-order valence-corrected chi connectivity index (χ1v) is 7.94. The first kappa shape index (κ1) is 16.1. The number of hydrogen-bond donors (Lipinski definition) is 0. The molecule has 1 aliphatic heterocycles. The van der Waals surface area contributed by atoms with E-state index in [2.05, 4.69) is 4.98 Å². The SMILES string of the molecule is COc1cc(C=CC(=O)N2CCn3ccnc32)ccc1OC(C)C. The third-order valence-electron chi connectivity index (χ3n) is 3.73. The van der Waals surface area contributed by atoms with Crippen LogP contribution in [0.25, 0.3) is 6.08 Å². The maximum atomic E-state index is 12.4. The average molecular weight is 327 g/mol. The lowest BCUT2D eigenvalue weighted by atomic mass is 10.2. The molecule has 0 unspecified atom stereocenters. The number of imidazole rings is 1. The van der Waals surface area contributed by atoms with E-state index in [4.69, 9.17) is 9.47 Å². The fourth-order valence-corrected chi connectivity index (χ4v) is 2.63. The molecule has 1 aromatic carbocycles.